The number of carbonyl (C=O) groups excluding carboxylic acids is 1. The molecule has 1 aliphatic rings. The lowest BCUT2D eigenvalue weighted by Crippen LogP contribution is -2.40. The van der Waals surface area contributed by atoms with E-state index in [4.69, 9.17) is 16.3 Å². The van der Waals surface area contributed by atoms with Gasteiger partial charge in [0.15, 0.2) is 0 Å². The number of nitrogens with one attached hydrogen (secondary N) is 1. The molecule has 1 aliphatic heterocycles. The van der Waals surface area contributed by atoms with Crippen molar-refractivity contribution in [3.8, 4) is 5.75 Å². The summed E-state index contributed by atoms with van der Waals surface area (Å²) in [5.41, 5.74) is 0.481. The number of halogens is 1. The summed E-state index contributed by atoms with van der Waals surface area (Å²) in [6.07, 6.45) is 3.16. The van der Waals surface area contributed by atoms with Crippen molar-refractivity contribution < 1.29 is 17.9 Å². The van der Waals surface area contributed by atoms with E-state index in [1.165, 1.54) is 13.4 Å². The second kappa shape index (κ2) is 8.87. The van der Waals surface area contributed by atoms with Crippen molar-refractivity contribution in [3.05, 3.63) is 28.8 Å². The number of sulfone groups is 1. The van der Waals surface area contributed by atoms with Crippen LogP contribution in [0.5, 0.6) is 5.75 Å². The molecule has 1 saturated heterocycles. The van der Waals surface area contributed by atoms with Crippen molar-refractivity contribution in [1.82, 2.24) is 10.2 Å². The Balaban J connectivity index is 1.77. The van der Waals surface area contributed by atoms with E-state index >= 15 is 0 Å². The van der Waals surface area contributed by atoms with Crippen LogP contribution >= 0.6 is 11.6 Å². The molecule has 0 spiro atoms. The van der Waals surface area contributed by atoms with Gasteiger partial charge in [-0.1, -0.05) is 11.6 Å². The molecule has 0 aromatic heterocycles. The van der Waals surface area contributed by atoms with Gasteiger partial charge in [-0.25, -0.2) is 8.42 Å². The van der Waals surface area contributed by atoms with Crippen molar-refractivity contribution >= 4 is 27.3 Å². The first-order valence-electron chi connectivity index (χ1n) is 8.29. The first kappa shape index (κ1) is 20.0. The van der Waals surface area contributed by atoms with Crippen LogP contribution in [0.1, 0.15) is 23.2 Å². The molecule has 140 valence electrons. The van der Waals surface area contributed by atoms with Crippen molar-refractivity contribution in [1.29, 1.82) is 0 Å². The Morgan fingerprint density at radius 1 is 1.32 bits per heavy atom. The molecule has 25 heavy (non-hydrogen) atoms. The number of hydrogen-bond donors (Lipinski definition) is 1. The Morgan fingerprint density at radius 3 is 2.60 bits per heavy atom. The van der Waals surface area contributed by atoms with Crippen LogP contribution < -0.4 is 10.1 Å². The predicted molar refractivity (Wildman–Crippen MR) is 99.2 cm³/mol. The van der Waals surface area contributed by atoms with Gasteiger partial charge in [-0.2, -0.15) is 0 Å². The number of carbonyl (C=O) groups is 1. The van der Waals surface area contributed by atoms with Gasteiger partial charge < -0.3 is 15.0 Å². The zero-order valence-electron chi connectivity index (χ0n) is 14.6. The third kappa shape index (κ3) is 6.84. The highest BCUT2D eigenvalue weighted by atomic mass is 35.5. The van der Waals surface area contributed by atoms with Gasteiger partial charge in [0.1, 0.15) is 15.6 Å². The quantitative estimate of drug-likeness (QED) is 0.771. The number of nitrogens with zero attached hydrogens (tertiary/aromatic N) is 1. The van der Waals surface area contributed by atoms with Crippen LogP contribution in [0, 0.1) is 5.92 Å². The second-order valence-corrected chi connectivity index (χ2v) is 9.20. The SMILES string of the molecule is COc1cc(Cl)cc(C(=O)NCC2CCN(CCS(C)(=O)=O)CC2)c1. The number of benzene rings is 1. The van der Waals surface area contributed by atoms with Gasteiger partial charge in [-0.15, -0.1) is 0 Å². The van der Waals surface area contributed by atoms with Gasteiger partial charge in [0.05, 0.1) is 12.9 Å². The Hall–Kier alpha value is -1.31. The highest BCUT2D eigenvalue weighted by Crippen LogP contribution is 2.21. The maximum atomic E-state index is 12.3. The zero-order valence-corrected chi connectivity index (χ0v) is 16.2. The smallest absolute Gasteiger partial charge is 0.251 e. The molecule has 0 atom stereocenters. The first-order valence-corrected chi connectivity index (χ1v) is 10.7. The molecule has 6 nitrogen and oxygen atoms in total. The summed E-state index contributed by atoms with van der Waals surface area (Å²) < 4.78 is 27.6. The van der Waals surface area contributed by atoms with E-state index in [9.17, 15) is 13.2 Å². The average molecular weight is 389 g/mol. The van der Waals surface area contributed by atoms with E-state index in [1.807, 2.05) is 0 Å². The molecule has 1 N–H and O–H groups in total. The van der Waals surface area contributed by atoms with Crippen LogP contribution in [-0.2, 0) is 9.84 Å². The number of amides is 1. The third-order valence-electron chi connectivity index (χ3n) is 4.41. The van der Waals surface area contributed by atoms with Crippen LogP contribution in [0.25, 0.3) is 0 Å². The molecular formula is C17H25ClN2O4S. The Labute approximate surface area is 154 Å². The van der Waals surface area contributed by atoms with E-state index in [1.54, 1.807) is 18.2 Å². The lowest BCUT2D eigenvalue weighted by molar-refractivity contribution is 0.0936. The van der Waals surface area contributed by atoms with Crippen molar-refractivity contribution in [2.24, 2.45) is 5.92 Å². The second-order valence-electron chi connectivity index (χ2n) is 6.50. The van der Waals surface area contributed by atoms with Crippen LogP contribution in [0.15, 0.2) is 18.2 Å². The van der Waals surface area contributed by atoms with Crippen molar-refractivity contribution in [2.45, 2.75) is 12.8 Å². The van der Waals surface area contributed by atoms with E-state index in [-0.39, 0.29) is 11.7 Å². The molecule has 1 aromatic rings. The summed E-state index contributed by atoms with van der Waals surface area (Å²) in [6, 6.07) is 4.94. The van der Waals surface area contributed by atoms with Crippen LogP contribution in [0.2, 0.25) is 5.02 Å². The maximum Gasteiger partial charge on any atom is 0.251 e. The van der Waals surface area contributed by atoms with E-state index in [2.05, 4.69) is 10.2 Å². The largest absolute Gasteiger partial charge is 0.497 e. The summed E-state index contributed by atoms with van der Waals surface area (Å²) in [5.74, 6) is 0.988. The Bertz CT molecular complexity index is 701. The third-order valence-corrected chi connectivity index (χ3v) is 5.55. The summed E-state index contributed by atoms with van der Waals surface area (Å²) in [7, 11) is -1.39. The predicted octanol–water partition coefficient (Wildman–Crippen LogP) is 1.83. The van der Waals surface area contributed by atoms with Gasteiger partial charge in [0.25, 0.3) is 5.91 Å². The minimum absolute atomic E-state index is 0.166. The molecule has 1 fully saturated rings. The zero-order chi connectivity index (χ0) is 18.4. The number of methoxy groups -OCH3 is 1. The number of hydrogen-bond acceptors (Lipinski definition) is 5. The molecule has 0 unspecified atom stereocenters. The standard InChI is InChI=1S/C17H25ClN2O4S/c1-24-16-10-14(9-15(18)11-16)17(21)19-12-13-3-5-20(6-4-13)7-8-25(2,22)23/h9-11,13H,3-8,12H2,1-2H3,(H,19,21). The molecule has 0 aliphatic carbocycles. The summed E-state index contributed by atoms with van der Waals surface area (Å²) >= 11 is 5.99. The fourth-order valence-electron chi connectivity index (χ4n) is 2.86. The van der Waals surface area contributed by atoms with E-state index in [0.717, 1.165) is 25.9 Å². The molecule has 2 rings (SSSR count). The molecular weight excluding hydrogens is 364 g/mol. The average Bonchev–Trinajstić information content (AvgIpc) is 2.57. The fourth-order valence-corrected chi connectivity index (χ4v) is 3.67. The maximum absolute atomic E-state index is 12.3. The Morgan fingerprint density at radius 2 is 2.00 bits per heavy atom. The monoisotopic (exact) mass is 388 g/mol. The number of ether oxygens (including phenoxy) is 1. The Kier molecular flexibility index (Phi) is 7.10. The first-order chi connectivity index (χ1) is 11.8. The minimum Gasteiger partial charge on any atom is -0.497 e. The van der Waals surface area contributed by atoms with Crippen LogP contribution in [0.4, 0.5) is 0 Å². The topological polar surface area (TPSA) is 75.7 Å². The normalized spacial score (nSPS) is 16.6. The molecule has 8 heteroatoms. The highest BCUT2D eigenvalue weighted by Gasteiger charge is 2.20. The number of rotatable bonds is 7. The van der Waals surface area contributed by atoms with Crippen molar-refractivity contribution in [3.63, 3.8) is 0 Å². The van der Waals surface area contributed by atoms with Gasteiger partial charge in [0, 0.05) is 29.9 Å². The van der Waals surface area contributed by atoms with Gasteiger partial charge in [-0.05, 0) is 50.0 Å². The van der Waals surface area contributed by atoms with Crippen molar-refractivity contribution in [2.75, 3.05) is 45.3 Å². The van der Waals surface area contributed by atoms with E-state index < -0.39 is 9.84 Å². The van der Waals surface area contributed by atoms with Crippen LogP contribution in [0.3, 0.4) is 0 Å². The number of piperidine rings is 1. The molecule has 1 aromatic carbocycles. The van der Waals surface area contributed by atoms with Crippen LogP contribution in [-0.4, -0.2) is 64.5 Å². The van der Waals surface area contributed by atoms with E-state index in [0.29, 0.717) is 35.3 Å². The summed E-state index contributed by atoms with van der Waals surface area (Å²) in [6.45, 7) is 2.91. The fraction of sp³-hybridized carbons (Fsp3) is 0.588. The van der Waals surface area contributed by atoms with Gasteiger partial charge in [0.2, 0.25) is 0 Å². The summed E-state index contributed by atoms with van der Waals surface area (Å²) in [4.78, 5) is 14.5. The summed E-state index contributed by atoms with van der Waals surface area (Å²) in [5, 5.41) is 3.41. The molecule has 1 heterocycles. The molecule has 0 saturated carbocycles. The highest BCUT2D eigenvalue weighted by molar-refractivity contribution is 7.90. The molecule has 0 bridgehead atoms. The molecule has 1 amide bonds. The lowest BCUT2D eigenvalue weighted by atomic mass is 9.96. The molecule has 0 radical (unpaired) electrons. The van der Waals surface area contributed by atoms with Gasteiger partial charge >= 0.3 is 0 Å². The van der Waals surface area contributed by atoms with Gasteiger partial charge in [-0.3, -0.25) is 4.79 Å². The number of likely N-dealkylation sites (tertiary alicyclic amines) is 1. The minimum atomic E-state index is -2.92. The lowest BCUT2D eigenvalue weighted by Gasteiger charge is -2.31.